The monoisotopic (exact) mass is 350 g/mol. The van der Waals surface area contributed by atoms with E-state index in [1.54, 1.807) is 0 Å². The van der Waals surface area contributed by atoms with E-state index in [9.17, 15) is 19.4 Å². The molecule has 5 nitrogen and oxygen atoms in total. The molecule has 138 valence electrons. The second kappa shape index (κ2) is 8.25. The van der Waals surface area contributed by atoms with Crippen LogP contribution in [0.5, 0.6) is 0 Å². The van der Waals surface area contributed by atoms with E-state index in [1.807, 2.05) is 4.90 Å². The van der Waals surface area contributed by atoms with E-state index < -0.39 is 24.4 Å². The van der Waals surface area contributed by atoms with Crippen molar-refractivity contribution in [1.29, 1.82) is 0 Å². The fourth-order valence-corrected chi connectivity index (χ4v) is 4.20. The van der Waals surface area contributed by atoms with E-state index >= 15 is 0 Å². The maximum Gasteiger partial charge on any atom is 0.325 e. The summed E-state index contributed by atoms with van der Waals surface area (Å²) in [5, 5.41) is 19.0. The van der Waals surface area contributed by atoms with Crippen LogP contribution in [0, 0.1) is 5.82 Å². The minimum absolute atomic E-state index is 0.143. The number of rotatable bonds is 5. The third kappa shape index (κ3) is 4.19. The van der Waals surface area contributed by atoms with Gasteiger partial charge in [-0.15, -0.1) is 0 Å². The molecule has 1 unspecified atom stereocenters. The summed E-state index contributed by atoms with van der Waals surface area (Å²) in [6, 6.07) is 4.09. The maximum absolute atomic E-state index is 13.6. The highest BCUT2D eigenvalue weighted by Crippen LogP contribution is 2.28. The number of carboxylic acid groups (broad SMARTS) is 1. The van der Waals surface area contributed by atoms with Gasteiger partial charge < -0.3 is 10.2 Å². The largest absolute Gasteiger partial charge is 0.480 e. The zero-order chi connectivity index (χ0) is 17.8. The third-order valence-electron chi connectivity index (χ3n) is 5.59. The van der Waals surface area contributed by atoms with Crippen LogP contribution in [-0.2, 0) is 11.4 Å². The Morgan fingerprint density at radius 1 is 1.16 bits per heavy atom. The first kappa shape index (κ1) is 18.3. The van der Waals surface area contributed by atoms with Gasteiger partial charge in [-0.1, -0.05) is 25.3 Å². The lowest BCUT2D eigenvalue weighted by Crippen LogP contribution is -2.52. The molecule has 0 spiro atoms. The summed E-state index contributed by atoms with van der Waals surface area (Å²) < 4.78 is 13.6. The highest BCUT2D eigenvalue weighted by Gasteiger charge is 2.32. The molecule has 2 fully saturated rings. The number of hydrogen-bond donors (Lipinski definition) is 2. The molecule has 2 N–H and O–H groups in total. The van der Waals surface area contributed by atoms with Crippen molar-refractivity contribution in [2.45, 2.75) is 50.8 Å². The lowest BCUT2D eigenvalue weighted by molar-refractivity contribution is -0.144. The van der Waals surface area contributed by atoms with Gasteiger partial charge >= 0.3 is 5.97 Å². The van der Waals surface area contributed by atoms with E-state index in [2.05, 4.69) is 4.90 Å². The van der Waals surface area contributed by atoms with Gasteiger partial charge in [-0.25, -0.2) is 4.39 Å². The van der Waals surface area contributed by atoms with Gasteiger partial charge in [-0.3, -0.25) is 14.6 Å². The Bertz CT molecular complexity index is 596. The summed E-state index contributed by atoms with van der Waals surface area (Å²) in [7, 11) is 0. The van der Waals surface area contributed by atoms with Crippen LogP contribution in [0.3, 0.4) is 0 Å². The molecule has 1 aliphatic carbocycles. The number of hydrogen-bond acceptors (Lipinski definition) is 4. The van der Waals surface area contributed by atoms with Gasteiger partial charge in [-0.2, -0.15) is 0 Å². The quantitative estimate of drug-likeness (QED) is 0.854. The van der Waals surface area contributed by atoms with Gasteiger partial charge in [0, 0.05) is 37.8 Å². The zero-order valence-corrected chi connectivity index (χ0v) is 14.5. The number of aliphatic carboxylic acids is 1. The second-order valence-electron chi connectivity index (χ2n) is 7.11. The summed E-state index contributed by atoms with van der Waals surface area (Å²) in [4.78, 5) is 16.3. The van der Waals surface area contributed by atoms with Crippen molar-refractivity contribution in [3.63, 3.8) is 0 Å². The van der Waals surface area contributed by atoms with Crippen LogP contribution in [0.1, 0.15) is 49.3 Å². The van der Waals surface area contributed by atoms with Gasteiger partial charge in [0.05, 0.1) is 6.61 Å². The first-order chi connectivity index (χ1) is 12.1. The third-order valence-corrected chi connectivity index (χ3v) is 5.59. The van der Waals surface area contributed by atoms with Crippen LogP contribution >= 0.6 is 0 Å². The van der Waals surface area contributed by atoms with Crippen LogP contribution in [0.25, 0.3) is 0 Å². The van der Waals surface area contributed by atoms with Crippen molar-refractivity contribution in [3.05, 3.63) is 35.1 Å². The Morgan fingerprint density at radius 3 is 2.44 bits per heavy atom. The number of nitrogens with zero attached hydrogens (tertiary/aromatic N) is 2. The molecule has 25 heavy (non-hydrogen) atoms. The number of aliphatic hydroxyl groups excluding tert-OH is 1. The predicted octanol–water partition coefficient (Wildman–Crippen LogP) is 2.39. The molecule has 1 heterocycles. The number of halogens is 1. The van der Waals surface area contributed by atoms with Crippen molar-refractivity contribution in [2.24, 2.45) is 0 Å². The molecular formula is C19H27FN2O3. The zero-order valence-electron chi connectivity index (χ0n) is 14.5. The smallest absolute Gasteiger partial charge is 0.325 e. The van der Waals surface area contributed by atoms with Crippen molar-refractivity contribution in [3.8, 4) is 0 Å². The highest BCUT2D eigenvalue weighted by molar-refractivity contribution is 5.75. The molecule has 1 saturated carbocycles. The summed E-state index contributed by atoms with van der Waals surface area (Å²) in [5.41, 5.74) is 0.675. The van der Waals surface area contributed by atoms with Crippen molar-refractivity contribution >= 4 is 5.97 Å². The summed E-state index contributed by atoms with van der Waals surface area (Å²) in [5.74, 6) is -1.43. The Balaban J connectivity index is 1.69. The van der Waals surface area contributed by atoms with E-state index in [-0.39, 0.29) is 5.56 Å². The molecule has 6 heteroatoms. The molecule has 1 aromatic rings. The number of carboxylic acids is 1. The van der Waals surface area contributed by atoms with Crippen LogP contribution in [-0.4, -0.2) is 58.2 Å². The summed E-state index contributed by atoms with van der Waals surface area (Å²) >= 11 is 0. The summed E-state index contributed by atoms with van der Waals surface area (Å²) in [6.07, 6.45) is 6.42. The molecule has 0 bridgehead atoms. The molecule has 1 atom stereocenters. The number of benzene rings is 1. The normalized spacial score (nSPS) is 22.0. The van der Waals surface area contributed by atoms with Crippen LogP contribution < -0.4 is 0 Å². The van der Waals surface area contributed by atoms with Crippen molar-refractivity contribution < 1.29 is 19.4 Å². The Labute approximate surface area is 148 Å². The van der Waals surface area contributed by atoms with E-state index in [4.69, 9.17) is 0 Å². The van der Waals surface area contributed by atoms with E-state index in [1.165, 1.54) is 50.3 Å². The first-order valence-electron chi connectivity index (χ1n) is 9.20. The highest BCUT2D eigenvalue weighted by atomic mass is 19.1. The topological polar surface area (TPSA) is 64.0 Å². The SMILES string of the molecule is O=C(O)C(c1ccc(F)c(CO)c1)N1CCN(C2CCCCC2)CC1. The van der Waals surface area contributed by atoms with Crippen LogP contribution in [0.15, 0.2) is 18.2 Å². The lowest BCUT2D eigenvalue weighted by atomic mass is 9.93. The number of carbonyl (C=O) groups is 1. The molecule has 3 rings (SSSR count). The molecule has 2 aliphatic rings. The maximum atomic E-state index is 13.6. The number of aliphatic hydroxyl groups is 1. The van der Waals surface area contributed by atoms with Gasteiger partial charge in [-0.05, 0) is 30.5 Å². The molecular weight excluding hydrogens is 323 g/mol. The van der Waals surface area contributed by atoms with Gasteiger partial charge in [0.1, 0.15) is 11.9 Å². The minimum Gasteiger partial charge on any atom is -0.480 e. The molecule has 0 aromatic heterocycles. The lowest BCUT2D eigenvalue weighted by Gasteiger charge is -2.42. The van der Waals surface area contributed by atoms with Gasteiger partial charge in [0.15, 0.2) is 0 Å². The molecule has 0 radical (unpaired) electrons. The van der Waals surface area contributed by atoms with Crippen molar-refractivity contribution in [1.82, 2.24) is 9.80 Å². The molecule has 1 saturated heterocycles. The molecule has 0 amide bonds. The van der Waals surface area contributed by atoms with E-state index in [0.29, 0.717) is 24.7 Å². The Morgan fingerprint density at radius 2 is 1.84 bits per heavy atom. The fourth-order valence-electron chi connectivity index (χ4n) is 4.20. The van der Waals surface area contributed by atoms with Crippen LogP contribution in [0.2, 0.25) is 0 Å². The summed E-state index contributed by atoms with van der Waals surface area (Å²) in [6.45, 7) is 2.71. The average molecular weight is 350 g/mol. The van der Waals surface area contributed by atoms with Gasteiger partial charge in [0.2, 0.25) is 0 Å². The predicted molar refractivity (Wildman–Crippen MR) is 92.7 cm³/mol. The Kier molecular flexibility index (Phi) is 6.04. The van der Waals surface area contributed by atoms with Gasteiger partial charge in [0.25, 0.3) is 0 Å². The first-order valence-corrected chi connectivity index (χ1v) is 9.20. The molecule has 1 aliphatic heterocycles. The standard InChI is InChI=1S/C19H27FN2O3/c20-17-7-6-14(12-15(17)13-23)18(19(24)25)22-10-8-21(9-11-22)16-4-2-1-3-5-16/h6-7,12,16,18,23H,1-5,8-11,13H2,(H,24,25). The number of piperazine rings is 1. The van der Waals surface area contributed by atoms with Crippen molar-refractivity contribution in [2.75, 3.05) is 26.2 Å². The average Bonchev–Trinajstić information content (AvgIpc) is 2.64. The molecule has 1 aromatic carbocycles. The minimum atomic E-state index is -0.929. The van der Waals surface area contributed by atoms with E-state index in [0.717, 1.165) is 13.1 Å². The second-order valence-corrected chi connectivity index (χ2v) is 7.11. The fraction of sp³-hybridized carbons (Fsp3) is 0.632. The Hall–Kier alpha value is -1.50. The van der Waals surface area contributed by atoms with Crippen LogP contribution in [0.4, 0.5) is 4.39 Å².